The Kier molecular flexibility index (Phi) is 5.32. The molecule has 0 aliphatic heterocycles. The molecule has 0 radical (unpaired) electrons. The number of hydrogen-bond acceptors (Lipinski definition) is 2. The summed E-state index contributed by atoms with van der Waals surface area (Å²) in [4.78, 5) is 15.6. The number of amidine groups is 1. The monoisotopic (exact) mass is 211 g/mol. The lowest BCUT2D eigenvalue weighted by Gasteiger charge is -2.18. The lowest BCUT2D eigenvalue weighted by Crippen LogP contribution is -2.21. The molecule has 1 aliphatic carbocycles. The van der Waals surface area contributed by atoms with Crippen LogP contribution in [0.3, 0.4) is 0 Å². The van der Waals surface area contributed by atoms with E-state index in [2.05, 4.69) is 4.99 Å². The van der Waals surface area contributed by atoms with Crippen LogP contribution in [0.4, 0.5) is 0 Å². The third kappa shape index (κ3) is 4.42. The van der Waals surface area contributed by atoms with Crippen LogP contribution in [0.2, 0.25) is 0 Å². The van der Waals surface area contributed by atoms with Gasteiger partial charge in [-0.25, -0.2) is 4.99 Å². The van der Waals surface area contributed by atoms with Crippen LogP contribution in [-0.4, -0.2) is 18.3 Å². The Morgan fingerprint density at radius 2 is 1.93 bits per heavy atom. The standard InChI is InChI=1S/C11H21N3O/c12-8-4-7-10(13)14-11(15)9-5-2-1-3-6-9/h9H,1-8,12H2,(H2,13,14,15). The highest BCUT2D eigenvalue weighted by Gasteiger charge is 2.20. The fourth-order valence-electron chi connectivity index (χ4n) is 1.92. The Morgan fingerprint density at radius 1 is 1.27 bits per heavy atom. The number of nitrogens with zero attached hydrogens (tertiary/aromatic N) is 1. The summed E-state index contributed by atoms with van der Waals surface area (Å²) in [5.41, 5.74) is 11.0. The highest BCUT2D eigenvalue weighted by Crippen LogP contribution is 2.24. The SMILES string of the molecule is NCCCC(N)=NC(=O)C1CCCCC1. The minimum Gasteiger partial charge on any atom is -0.387 e. The van der Waals surface area contributed by atoms with E-state index >= 15 is 0 Å². The van der Waals surface area contributed by atoms with Crippen molar-refractivity contribution in [1.29, 1.82) is 0 Å². The van der Waals surface area contributed by atoms with Crippen molar-refractivity contribution in [1.82, 2.24) is 0 Å². The average molecular weight is 211 g/mol. The Hall–Kier alpha value is -0.900. The van der Waals surface area contributed by atoms with E-state index in [1.54, 1.807) is 0 Å². The minimum absolute atomic E-state index is 0.0239. The second kappa shape index (κ2) is 6.56. The second-order valence-corrected chi connectivity index (χ2v) is 4.17. The molecule has 0 atom stereocenters. The van der Waals surface area contributed by atoms with Gasteiger partial charge in [-0.1, -0.05) is 19.3 Å². The van der Waals surface area contributed by atoms with Crippen LogP contribution in [-0.2, 0) is 4.79 Å². The largest absolute Gasteiger partial charge is 0.387 e. The third-order valence-corrected chi connectivity index (χ3v) is 2.85. The Bertz CT molecular complexity index is 232. The number of rotatable bonds is 4. The Labute approximate surface area is 91.1 Å². The highest BCUT2D eigenvalue weighted by molar-refractivity contribution is 5.94. The number of carbonyl (C=O) groups is 1. The van der Waals surface area contributed by atoms with Crippen LogP contribution in [0.5, 0.6) is 0 Å². The van der Waals surface area contributed by atoms with Crippen molar-refractivity contribution in [3.63, 3.8) is 0 Å². The summed E-state index contributed by atoms with van der Waals surface area (Å²) >= 11 is 0. The van der Waals surface area contributed by atoms with E-state index in [9.17, 15) is 4.79 Å². The predicted molar refractivity (Wildman–Crippen MR) is 61.5 cm³/mol. The van der Waals surface area contributed by atoms with Crippen LogP contribution in [0.15, 0.2) is 4.99 Å². The van der Waals surface area contributed by atoms with Gasteiger partial charge in [0.2, 0.25) is 5.91 Å². The molecule has 0 saturated heterocycles. The molecule has 86 valence electrons. The normalized spacial score (nSPS) is 19.1. The van der Waals surface area contributed by atoms with E-state index in [0.29, 0.717) is 18.8 Å². The molecular weight excluding hydrogens is 190 g/mol. The van der Waals surface area contributed by atoms with Crippen molar-refractivity contribution >= 4 is 11.7 Å². The van der Waals surface area contributed by atoms with Crippen molar-refractivity contribution in [2.45, 2.75) is 44.9 Å². The van der Waals surface area contributed by atoms with E-state index in [1.807, 2.05) is 0 Å². The fraction of sp³-hybridized carbons (Fsp3) is 0.818. The predicted octanol–water partition coefficient (Wildman–Crippen LogP) is 1.19. The molecule has 0 aromatic heterocycles. The van der Waals surface area contributed by atoms with Crippen molar-refractivity contribution in [2.24, 2.45) is 22.4 Å². The number of nitrogens with two attached hydrogens (primary N) is 2. The zero-order chi connectivity index (χ0) is 11.1. The lowest BCUT2D eigenvalue weighted by atomic mass is 9.89. The van der Waals surface area contributed by atoms with Crippen molar-refractivity contribution in [3.05, 3.63) is 0 Å². The summed E-state index contributed by atoms with van der Waals surface area (Å²) in [7, 11) is 0. The van der Waals surface area contributed by atoms with Gasteiger partial charge in [0, 0.05) is 12.3 Å². The number of carbonyl (C=O) groups excluding carboxylic acids is 1. The first-order valence-electron chi connectivity index (χ1n) is 5.81. The summed E-state index contributed by atoms with van der Waals surface area (Å²) in [5, 5.41) is 0. The highest BCUT2D eigenvalue weighted by atomic mass is 16.1. The molecule has 4 nitrogen and oxygen atoms in total. The van der Waals surface area contributed by atoms with Crippen LogP contribution in [0.25, 0.3) is 0 Å². The summed E-state index contributed by atoms with van der Waals surface area (Å²) < 4.78 is 0. The molecule has 0 aromatic carbocycles. The van der Waals surface area contributed by atoms with Gasteiger partial charge in [-0.15, -0.1) is 0 Å². The number of aliphatic imine (C=N–C) groups is 1. The van der Waals surface area contributed by atoms with E-state index in [-0.39, 0.29) is 11.8 Å². The molecule has 0 spiro atoms. The van der Waals surface area contributed by atoms with E-state index in [0.717, 1.165) is 32.1 Å². The molecule has 0 aromatic rings. The van der Waals surface area contributed by atoms with E-state index < -0.39 is 0 Å². The molecule has 15 heavy (non-hydrogen) atoms. The minimum atomic E-state index is -0.0239. The van der Waals surface area contributed by atoms with Crippen molar-refractivity contribution < 1.29 is 4.79 Å². The summed E-state index contributed by atoms with van der Waals surface area (Å²) in [6.45, 7) is 0.591. The van der Waals surface area contributed by atoms with Gasteiger partial charge in [0.15, 0.2) is 0 Å². The Balaban J connectivity index is 2.38. The van der Waals surface area contributed by atoms with Gasteiger partial charge in [0.25, 0.3) is 0 Å². The molecule has 1 fully saturated rings. The van der Waals surface area contributed by atoms with E-state index in [1.165, 1.54) is 6.42 Å². The molecule has 0 unspecified atom stereocenters. The van der Waals surface area contributed by atoms with Crippen LogP contribution in [0.1, 0.15) is 44.9 Å². The summed E-state index contributed by atoms with van der Waals surface area (Å²) in [5.74, 6) is 0.537. The van der Waals surface area contributed by atoms with Gasteiger partial charge < -0.3 is 11.5 Å². The molecule has 1 aliphatic rings. The van der Waals surface area contributed by atoms with Gasteiger partial charge in [-0.05, 0) is 25.8 Å². The molecule has 1 rings (SSSR count). The van der Waals surface area contributed by atoms with Crippen LogP contribution < -0.4 is 11.5 Å². The third-order valence-electron chi connectivity index (χ3n) is 2.85. The first-order valence-corrected chi connectivity index (χ1v) is 5.81. The van der Waals surface area contributed by atoms with E-state index in [4.69, 9.17) is 11.5 Å². The molecule has 4 N–H and O–H groups in total. The van der Waals surface area contributed by atoms with Gasteiger partial charge in [0.1, 0.15) is 5.84 Å². The zero-order valence-corrected chi connectivity index (χ0v) is 9.24. The maximum atomic E-state index is 11.7. The van der Waals surface area contributed by atoms with Crippen molar-refractivity contribution in [3.8, 4) is 0 Å². The summed E-state index contributed by atoms with van der Waals surface area (Å²) in [6, 6.07) is 0. The first-order chi connectivity index (χ1) is 7.24. The quantitative estimate of drug-likeness (QED) is 0.541. The fourth-order valence-corrected chi connectivity index (χ4v) is 1.92. The molecular formula is C11H21N3O. The molecule has 1 amide bonds. The lowest BCUT2D eigenvalue weighted by molar-refractivity contribution is -0.122. The molecule has 0 bridgehead atoms. The van der Waals surface area contributed by atoms with Crippen molar-refractivity contribution in [2.75, 3.05) is 6.54 Å². The Morgan fingerprint density at radius 3 is 2.53 bits per heavy atom. The second-order valence-electron chi connectivity index (χ2n) is 4.17. The van der Waals surface area contributed by atoms with Gasteiger partial charge >= 0.3 is 0 Å². The topological polar surface area (TPSA) is 81.5 Å². The molecule has 1 saturated carbocycles. The van der Waals surface area contributed by atoms with Gasteiger partial charge in [-0.2, -0.15) is 0 Å². The molecule has 4 heteroatoms. The number of hydrogen-bond donors (Lipinski definition) is 2. The summed E-state index contributed by atoms with van der Waals surface area (Å²) in [6.07, 6.45) is 6.93. The molecule has 0 heterocycles. The van der Waals surface area contributed by atoms with Crippen LogP contribution in [0, 0.1) is 5.92 Å². The van der Waals surface area contributed by atoms with Crippen LogP contribution >= 0.6 is 0 Å². The maximum Gasteiger partial charge on any atom is 0.250 e. The first kappa shape index (κ1) is 12.2. The van der Waals surface area contributed by atoms with Gasteiger partial charge in [-0.3, -0.25) is 4.79 Å². The van der Waals surface area contributed by atoms with Gasteiger partial charge in [0.05, 0.1) is 0 Å². The maximum absolute atomic E-state index is 11.7. The average Bonchev–Trinajstić information content (AvgIpc) is 2.27. The zero-order valence-electron chi connectivity index (χ0n) is 9.24. The number of amides is 1. The smallest absolute Gasteiger partial charge is 0.250 e.